The van der Waals surface area contributed by atoms with Crippen molar-refractivity contribution in [2.45, 2.75) is 0 Å². The summed E-state index contributed by atoms with van der Waals surface area (Å²) in [7, 11) is 0.604. The van der Waals surface area contributed by atoms with Crippen molar-refractivity contribution in [2.75, 3.05) is 10.8 Å². The van der Waals surface area contributed by atoms with Gasteiger partial charge in [-0.2, -0.15) is 0 Å². The molecule has 2 unspecified atom stereocenters. The molecule has 0 rings (SSSR count). The van der Waals surface area contributed by atoms with E-state index in [-0.39, 0.29) is 35.4 Å². The molecule has 0 saturated carbocycles. The quantitative estimate of drug-likeness (QED) is 0.589. The van der Waals surface area contributed by atoms with Gasteiger partial charge in [0.05, 0.1) is 0 Å². The first-order valence-corrected chi connectivity index (χ1v) is 7.60. The van der Waals surface area contributed by atoms with E-state index < -0.39 is 10.2 Å². The number of rotatable bonds is 3. The number of hydrogen-bond donors (Lipinski definition) is 1. The Morgan fingerprint density at radius 1 is 1.80 bits per heavy atom. The fourth-order valence-electron chi connectivity index (χ4n) is 0.132. The van der Waals surface area contributed by atoms with E-state index in [2.05, 4.69) is 18.1 Å². The summed E-state index contributed by atoms with van der Waals surface area (Å²) >= 11 is 9.59. The second kappa shape index (κ2) is 13.5. The minimum atomic E-state index is -0.457. The van der Waals surface area contributed by atoms with Gasteiger partial charge in [0.25, 0.3) is 0 Å². The summed E-state index contributed by atoms with van der Waals surface area (Å²) in [5.74, 6) is 0.758. The van der Waals surface area contributed by atoms with Crippen LogP contribution in [0.25, 0.3) is 0 Å². The zero-order valence-corrected chi connectivity index (χ0v) is 11.1. The van der Waals surface area contributed by atoms with Crippen LogP contribution >= 0.6 is 0 Å². The van der Waals surface area contributed by atoms with Crippen molar-refractivity contribution in [2.24, 2.45) is 0 Å². The Balaban J connectivity index is -0.000000320. The third-order valence-electron chi connectivity index (χ3n) is 0.455. The Labute approximate surface area is 94.9 Å². The monoisotopic (exact) mass is 271 g/mol. The van der Waals surface area contributed by atoms with Crippen molar-refractivity contribution in [1.82, 2.24) is 0 Å². The average Bonchev–Trinajstić information content (AvgIpc) is 1.87. The fourth-order valence-corrected chi connectivity index (χ4v) is 4.63. The molecule has 0 spiro atoms. The molecular weight excluding hydrogens is 259 g/mol. The molecule has 0 nitrogen and oxygen atoms in total. The summed E-state index contributed by atoms with van der Waals surface area (Å²) in [6.45, 7) is 3.66. The molecule has 0 amide bonds. The first kappa shape index (κ1) is 14.5. The molecule has 0 aliphatic carbocycles. The molecule has 10 heavy (non-hydrogen) atoms. The second-order valence-electron chi connectivity index (χ2n) is 0.948. The smallest absolute Gasteiger partial charge is 0.358 e. The van der Waals surface area contributed by atoms with Gasteiger partial charge >= 0.3 is 18.6 Å². The maximum absolute atomic E-state index is 7.25. The minimum absolute atomic E-state index is 0. The largest absolute Gasteiger partial charge is 2.00 e. The van der Waals surface area contributed by atoms with Gasteiger partial charge in [-0.15, -0.1) is 25.4 Å². The zero-order chi connectivity index (χ0) is 7.28. The van der Waals surface area contributed by atoms with Gasteiger partial charge in [0.2, 0.25) is 0 Å². The van der Waals surface area contributed by atoms with E-state index in [1.54, 1.807) is 0 Å². The molecule has 0 heterocycles. The molecule has 0 N–H and O–H groups in total. The Morgan fingerprint density at radius 2 is 2.30 bits per heavy atom. The van der Waals surface area contributed by atoms with Crippen LogP contribution in [0.4, 0.5) is 0 Å². The normalized spacial score (nSPS) is 15.1. The van der Waals surface area contributed by atoms with Gasteiger partial charge < -0.3 is 14.4 Å². The van der Waals surface area contributed by atoms with Crippen LogP contribution in [-0.4, -0.2) is 12.0 Å². The topological polar surface area (TPSA) is 0 Å². The Morgan fingerprint density at radius 3 is 2.60 bits per heavy atom. The maximum Gasteiger partial charge on any atom is 2.00 e. The number of hydrogen-bond acceptors (Lipinski definition) is 2. The molecule has 0 aromatic rings. The van der Waals surface area contributed by atoms with Crippen molar-refractivity contribution in [3.8, 4) is 0 Å². The summed E-state index contributed by atoms with van der Waals surface area (Å²) in [4.78, 5) is 0. The molecule has 0 fully saturated rings. The molecule has 2 atom stereocenters. The molecule has 1 radical (unpaired) electrons. The van der Waals surface area contributed by atoms with Gasteiger partial charge in [0, 0.05) is 5.08 Å². The Kier molecular flexibility index (Phi) is 19.6. The van der Waals surface area contributed by atoms with E-state index in [4.69, 9.17) is 12.3 Å². The Hall–Kier alpha value is 1.94. The summed E-state index contributed by atoms with van der Waals surface area (Å²) in [6, 6.07) is 0. The maximum atomic E-state index is 7.25. The van der Waals surface area contributed by atoms with Crippen molar-refractivity contribution >= 4 is 50.9 Å². The Bertz CT molecular complexity index is 164. The van der Waals surface area contributed by atoms with Crippen LogP contribution in [0.5, 0.6) is 0 Å². The number of thiol groups is 1. The van der Waals surface area contributed by atoms with Crippen LogP contribution in [0.1, 0.15) is 0 Å². The van der Waals surface area contributed by atoms with Gasteiger partial charge in [-0.1, -0.05) is 11.2 Å². The molecule has 0 aliphatic heterocycles. The standard InChI is InChI=1S/C3H7S5.CH3.V/c1-2-8(5)3-6-7-4;;/h6H,1-3H2;1H3;/q2*-1;+2/i6T;;. The minimum Gasteiger partial charge on any atom is -0.358 e. The first-order valence-electron chi connectivity index (χ1n) is 2.27. The van der Waals surface area contributed by atoms with Gasteiger partial charge in [0.15, 0.2) is 0 Å². The molecule has 0 saturated heterocycles. The van der Waals surface area contributed by atoms with E-state index in [1.807, 2.05) is 0 Å². The van der Waals surface area contributed by atoms with E-state index in [0.717, 1.165) is 19.7 Å². The van der Waals surface area contributed by atoms with Crippen LogP contribution in [0.3, 0.4) is 0 Å². The SMILES string of the molecule is [3H]S(CS(=S)C[CH2-])=S=S.[CH3-].[V+2]. The van der Waals surface area contributed by atoms with E-state index in [9.17, 15) is 0 Å². The van der Waals surface area contributed by atoms with Crippen molar-refractivity contribution < 1.29 is 18.6 Å². The predicted molar refractivity (Wildman–Crippen MR) is 59.7 cm³/mol. The summed E-state index contributed by atoms with van der Waals surface area (Å²) in [6.07, 6.45) is 0. The third-order valence-corrected chi connectivity index (χ3v) is 5.83. The molecule has 0 aromatic heterocycles. The first-order chi connectivity index (χ1) is 4.20. The van der Waals surface area contributed by atoms with Crippen molar-refractivity contribution in [1.29, 1.82) is 1.12 Å². The van der Waals surface area contributed by atoms with Crippen LogP contribution < -0.4 is 0 Å². The van der Waals surface area contributed by atoms with Crippen molar-refractivity contribution in [3.63, 3.8) is 0 Å². The van der Waals surface area contributed by atoms with Gasteiger partial charge in [0.1, 0.15) is 1.12 Å². The van der Waals surface area contributed by atoms with Crippen LogP contribution in [0, 0.1) is 14.4 Å². The van der Waals surface area contributed by atoms with Crippen LogP contribution in [0.2, 0.25) is 0 Å². The molecule has 61 valence electrons. The predicted octanol–water partition coefficient (Wildman–Crippen LogP) is 0.580. The molecule has 0 aromatic carbocycles. The van der Waals surface area contributed by atoms with Gasteiger partial charge in [-0.3, -0.25) is 0 Å². The fraction of sp³-hybridized carbons (Fsp3) is 0.500. The molecule has 6 heteroatoms. The van der Waals surface area contributed by atoms with E-state index in [1.165, 1.54) is 0 Å². The van der Waals surface area contributed by atoms with Crippen molar-refractivity contribution in [3.05, 3.63) is 14.4 Å². The molecule has 0 bridgehead atoms. The average molecular weight is 271 g/mol. The van der Waals surface area contributed by atoms with Crippen LogP contribution in [-0.2, 0) is 69.5 Å². The van der Waals surface area contributed by atoms with E-state index >= 15 is 0 Å². The summed E-state index contributed by atoms with van der Waals surface area (Å²) < 4.78 is 7.25. The summed E-state index contributed by atoms with van der Waals surface area (Å²) in [5.41, 5.74) is 0. The van der Waals surface area contributed by atoms with Crippen LogP contribution in [0.15, 0.2) is 0 Å². The zero-order valence-electron chi connectivity index (χ0n) is 6.61. The second-order valence-corrected chi connectivity index (χ2v) is 7.30. The summed E-state index contributed by atoms with van der Waals surface area (Å²) in [5, 5.41) is 0.743. The van der Waals surface area contributed by atoms with Gasteiger partial charge in [-0.05, 0) is 20.1 Å². The third kappa shape index (κ3) is 12.6. The molecule has 0 aliphatic rings. The van der Waals surface area contributed by atoms with Gasteiger partial charge in [-0.25, -0.2) is 0 Å². The van der Waals surface area contributed by atoms with E-state index in [0.29, 0.717) is 0 Å². The molecular formula is C4H10S5V.